The fourth-order valence-corrected chi connectivity index (χ4v) is 5.40. The van der Waals surface area contributed by atoms with E-state index in [2.05, 4.69) is 0 Å². The molecule has 5 rings (SSSR count). The molecule has 10 heteroatoms. The van der Waals surface area contributed by atoms with Crippen molar-refractivity contribution in [2.24, 2.45) is 10.5 Å². The van der Waals surface area contributed by atoms with Gasteiger partial charge in [-0.05, 0) is 50.5 Å². The maximum atomic E-state index is 13.5. The van der Waals surface area contributed by atoms with Gasteiger partial charge in [-0.25, -0.2) is 5.01 Å². The van der Waals surface area contributed by atoms with Crippen molar-refractivity contribution in [3.8, 4) is 11.5 Å². The van der Waals surface area contributed by atoms with E-state index in [-0.39, 0.29) is 49.1 Å². The summed E-state index contributed by atoms with van der Waals surface area (Å²) in [6, 6.07) is 15.2. The molecule has 0 aromatic heterocycles. The van der Waals surface area contributed by atoms with Crippen LogP contribution in [0.15, 0.2) is 53.6 Å². The number of methoxy groups -OCH3 is 1. The van der Waals surface area contributed by atoms with Gasteiger partial charge in [-0.1, -0.05) is 30.3 Å². The molecule has 0 spiro atoms. The Morgan fingerprint density at radius 2 is 1.65 bits per heavy atom. The minimum absolute atomic E-state index is 0.0943. The standard InChI is InChI=1S/C30H34N4O6/c1-30(2)28(21-9-10-23(39-3)24(17-21)40-19-20-7-5-4-6-8-20)31-34(29(30)38)22-13-15-32(16-14-22)27(37)18-33-25(35)11-12-26(33)36/h4-10,17,22H,11-16,18-19H2,1-3H3. The molecule has 2 saturated heterocycles. The van der Waals surface area contributed by atoms with Crippen molar-refractivity contribution in [1.29, 1.82) is 0 Å². The van der Waals surface area contributed by atoms with Crippen molar-refractivity contribution >= 4 is 29.3 Å². The summed E-state index contributed by atoms with van der Waals surface area (Å²) >= 11 is 0. The second-order valence-electron chi connectivity index (χ2n) is 10.8. The predicted octanol–water partition coefficient (Wildman–Crippen LogP) is 2.99. The van der Waals surface area contributed by atoms with Gasteiger partial charge in [-0.15, -0.1) is 0 Å². The molecule has 40 heavy (non-hydrogen) atoms. The molecule has 2 fully saturated rings. The highest BCUT2D eigenvalue weighted by atomic mass is 16.5. The lowest BCUT2D eigenvalue weighted by atomic mass is 9.83. The van der Waals surface area contributed by atoms with Crippen molar-refractivity contribution in [2.45, 2.75) is 52.2 Å². The number of benzene rings is 2. The third-order valence-corrected chi connectivity index (χ3v) is 7.83. The van der Waals surface area contributed by atoms with Crippen LogP contribution >= 0.6 is 0 Å². The number of carbonyl (C=O) groups is 4. The Kier molecular flexibility index (Phi) is 7.60. The first-order valence-electron chi connectivity index (χ1n) is 13.6. The van der Waals surface area contributed by atoms with E-state index in [1.165, 1.54) is 0 Å². The molecule has 0 N–H and O–H groups in total. The highest BCUT2D eigenvalue weighted by molar-refractivity contribution is 6.19. The second kappa shape index (κ2) is 11.1. The fraction of sp³-hybridized carbons (Fsp3) is 0.433. The van der Waals surface area contributed by atoms with Crippen LogP contribution in [-0.2, 0) is 25.8 Å². The summed E-state index contributed by atoms with van der Waals surface area (Å²) in [5.74, 6) is 0.215. The van der Waals surface area contributed by atoms with Gasteiger partial charge in [0.25, 0.3) is 5.91 Å². The maximum absolute atomic E-state index is 13.5. The number of hydrogen-bond donors (Lipinski definition) is 0. The molecule has 3 aliphatic heterocycles. The Bertz CT molecular complexity index is 1330. The number of hydrogen-bond acceptors (Lipinski definition) is 7. The number of rotatable bonds is 8. The summed E-state index contributed by atoms with van der Waals surface area (Å²) in [4.78, 5) is 52.8. The van der Waals surface area contributed by atoms with E-state index in [4.69, 9.17) is 14.6 Å². The molecule has 10 nitrogen and oxygen atoms in total. The fourth-order valence-electron chi connectivity index (χ4n) is 5.40. The van der Waals surface area contributed by atoms with Gasteiger partial charge >= 0.3 is 0 Å². The van der Waals surface area contributed by atoms with Crippen molar-refractivity contribution in [2.75, 3.05) is 26.7 Å². The summed E-state index contributed by atoms with van der Waals surface area (Å²) in [5.41, 5.74) is 1.60. The number of amides is 4. The number of carbonyl (C=O) groups excluding carboxylic acids is 4. The average molecular weight is 547 g/mol. The maximum Gasteiger partial charge on any atom is 0.254 e. The van der Waals surface area contributed by atoms with E-state index in [1.54, 1.807) is 17.0 Å². The second-order valence-corrected chi connectivity index (χ2v) is 10.8. The smallest absolute Gasteiger partial charge is 0.254 e. The third kappa shape index (κ3) is 5.30. The van der Waals surface area contributed by atoms with Crippen LogP contribution in [0.4, 0.5) is 0 Å². The zero-order valence-electron chi connectivity index (χ0n) is 23.1. The van der Waals surface area contributed by atoms with E-state index in [0.717, 1.165) is 16.0 Å². The zero-order chi connectivity index (χ0) is 28.4. The normalized spacial score (nSPS) is 19.3. The summed E-state index contributed by atoms with van der Waals surface area (Å²) in [6.45, 7) is 4.74. The molecular formula is C30H34N4O6. The van der Waals surface area contributed by atoms with Crippen LogP contribution in [0.3, 0.4) is 0 Å². The molecule has 0 radical (unpaired) electrons. The van der Waals surface area contributed by atoms with Gasteiger partial charge in [-0.3, -0.25) is 24.1 Å². The molecule has 3 heterocycles. The zero-order valence-corrected chi connectivity index (χ0v) is 23.1. The predicted molar refractivity (Wildman–Crippen MR) is 146 cm³/mol. The molecule has 3 aliphatic rings. The summed E-state index contributed by atoms with van der Waals surface area (Å²) in [5, 5.41) is 6.38. The highest BCUT2D eigenvalue weighted by Crippen LogP contribution is 2.38. The van der Waals surface area contributed by atoms with E-state index in [9.17, 15) is 19.2 Å². The molecule has 2 aromatic rings. The molecule has 0 aliphatic carbocycles. The van der Waals surface area contributed by atoms with Crippen LogP contribution < -0.4 is 9.47 Å². The monoisotopic (exact) mass is 546 g/mol. The van der Waals surface area contributed by atoms with Crippen LogP contribution in [0.25, 0.3) is 0 Å². The van der Waals surface area contributed by atoms with Gasteiger partial charge in [-0.2, -0.15) is 5.10 Å². The van der Waals surface area contributed by atoms with E-state index >= 15 is 0 Å². The van der Waals surface area contributed by atoms with Crippen molar-refractivity contribution in [1.82, 2.24) is 14.8 Å². The lowest BCUT2D eigenvalue weighted by molar-refractivity contribution is -0.147. The van der Waals surface area contributed by atoms with Gasteiger partial charge in [0.05, 0.1) is 24.3 Å². The van der Waals surface area contributed by atoms with Crippen LogP contribution in [-0.4, -0.2) is 76.9 Å². The number of ether oxygens (including phenoxy) is 2. The Balaban J connectivity index is 1.28. The summed E-state index contributed by atoms with van der Waals surface area (Å²) in [7, 11) is 1.59. The SMILES string of the molecule is COc1ccc(C2=NN(C3CCN(C(=O)CN4C(=O)CCC4=O)CC3)C(=O)C2(C)C)cc1OCc1ccccc1. The number of piperidine rings is 1. The number of imide groups is 1. The molecule has 0 bridgehead atoms. The van der Waals surface area contributed by atoms with E-state index < -0.39 is 5.41 Å². The van der Waals surface area contributed by atoms with Crippen LogP contribution in [0.2, 0.25) is 0 Å². The van der Waals surface area contributed by atoms with Crippen LogP contribution in [0.5, 0.6) is 11.5 Å². The van der Waals surface area contributed by atoms with Crippen molar-refractivity contribution in [3.05, 3.63) is 59.7 Å². The third-order valence-electron chi connectivity index (χ3n) is 7.83. The topological polar surface area (TPSA) is 109 Å². The molecular weight excluding hydrogens is 512 g/mol. The summed E-state index contributed by atoms with van der Waals surface area (Å²) in [6.07, 6.45) is 1.44. The summed E-state index contributed by atoms with van der Waals surface area (Å²) < 4.78 is 11.6. The minimum Gasteiger partial charge on any atom is -0.493 e. The Morgan fingerprint density at radius 3 is 2.30 bits per heavy atom. The van der Waals surface area contributed by atoms with Crippen molar-refractivity contribution in [3.63, 3.8) is 0 Å². The Hall–Kier alpha value is -4.21. The van der Waals surface area contributed by atoms with E-state index in [1.807, 2.05) is 62.4 Å². The minimum atomic E-state index is -0.852. The number of nitrogens with zero attached hydrogens (tertiary/aromatic N) is 4. The Labute approximate surface area is 233 Å². The molecule has 0 saturated carbocycles. The van der Waals surface area contributed by atoms with Gasteiger partial charge in [0, 0.05) is 31.5 Å². The number of hydrazone groups is 1. The Morgan fingerprint density at radius 1 is 0.975 bits per heavy atom. The first-order chi connectivity index (χ1) is 19.2. The first-order valence-corrected chi connectivity index (χ1v) is 13.6. The number of likely N-dealkylation sites (tertiary alicyclic amines) is 2. The quantitative estimate of drug-likeness (QED) is 0.471. The van der Waals surface area contributed by atoms with Gasteiger partial charge < -0.3 is 14.4 Å². The van der Waals surface area contributed by atoms with Crippen LogP contribution in [0.1, 0.15) is 50.7 Å². The van der Waals surface area contributed by atoms with Crippen molar-refractivity contribution < 1.29 is 28.7 Å². The lowest BCUT2D eigenvalue weighted by Gasteiger charge is -2.36. The molecule has 0 unspecified atom stereocenters. The van der Waals surface area contributed by atoms with Gasteiger partial charge in [0.1, 0.15) is 13.2 Å². The molecule has 2 aromatic carbocycles. The molecule has 210 valence electrons. The largest absolute Gasteiger partial charge is 0.493 e. The van der Waals surface area contributed by atoms with E-state index in [0.29, 0.717) is 49.7 Å². The first kappa shape index (κ1) is 27.4. The van der Waals surface area contributed by atoms with Gasteiger partial charge in [0.2, 0.25) is 17.7 Å². The average Bonchev–Trinajstić information content (AvgIpc) is 3.41. The van der Waals surface area contributed by atoms with Crippen LogP contribution in [0, 0.1) is 5.41 Å². The van der Waals surface area contributed by atoms with Gasteiger partial charge in [0.15, 0.2) is 11.5 Å². The highest BCUT2D eigenvalue weighted by Gasteiger charge is 2.47. The molecule has 0 atom stereocenters. The lowest BCUT2D eigenvalue weighted by Crippen LogP contribution is -2.50. The molecule has 4 amide bonds.